The number of hydrogen-bond donors (Lipinski definition) is 0. The van der Waals surface area contributed by atoms with E-state index in [0.717, 1.165) is 12.4 Å². The Morgan fingerprint density at radius 1 is 1.15 bits per heavy atom. The van der Waals surface area contributed by atoms with Gasteiger partial charge in [0.15, 0.2) is 5.82 Å². The van der Waals surface area contributed by atoms with Crippen LogP contribution < -0.4 is 4.90 Å². The minimum atomic E-state index is -4.65. The summed E-state index contributed by atoms with van der Waals surface area (Å²) in [7, 11) is 0. The fraction of sp³-hybridized carbons (Fsp3) is 0.393. The zero-order chi connectivity index (χ0) is 28.6. The maximum Gasteiger partial charge on any atom is 0.451 e. The number of aryl methyl sites for hydroxylation is 1. The third-order valence-electron chi connectivity index (χ3n) is 6.02. The molecular weight excluding hydrogens is 514 g/mol. The highest BCUT2D eigenvalue weighted by atomic mass is 19.4. The summed E-state index contributed by atoms with van der Waals surface area (Å²) in [6.07, 6.45) is 1.04. The quantitative estimate of drug-likeness (QED) is 0.168. The largest absolute Gasteiger partial charge is 0.451 e. The zero-order valence-electron chi connectivity index (χ0n) is 21.9. The molecule has 0 aliphatic carbocycles. The van der Waals surface area contributed by atoms with E-state index in [1.165, 1.54) is 4.90 Å². The van der Waals surface area contributed by atoms with Crippen LogP contribution in [0.15, 0.2) is 66.2 Å². The van der Waals surface area contributed by atoms with Gasteiger partial charge in [-0.3, -0.25) is 4.79 Å². The first-order valence-electron chi connectivity index (χ1n) is 12.6. The van der Waals surface area contributed by atoms with E-state index in [9.17, 15) is 22.4 Å². The molecule has 0 fully saturated rings. The number of alkyl halides is 3. The van der Waals surface area contributed by atoms with Crippen LogP contribution in [0.5, 0.6) is 0 Å². The van der Waals surface area contributed by atoms with Gasteiger partial charge in [0, 0.05) is 55.4 Å². The number of hydrogen-bond acceptors (Lipinski definition) is 6. The topological polar surface area (TPSA) is 85.0 Å². The predicted molar refractivity (Wildman–Crippen MR) is 139 cm³/mol. The molecule has 3 aromatic rings. The van der Waals surface area contributed by atoms with Gasteiger partial charge in [-0.05, 0) is 36.5 Å². The van der Waals surface area contributed by atoms with Crippen molar-refractivity contribution in [1.29, 1.82) is 0 Å². The van der Waals surface area contributed by atoms with Crippen LogP contribution in [0.25, 0.3) is 11.1 Å². The second-order valence-corrected chi connectivity index (χ2v) is 9.45. The second kappa shape index (κ2) is 13.3. The van der Waals surface area contributed by atoms with Gasteiger partial charge in [0.2, 0.25) is 17.6 Å². The first-order valence-corrected chi connectivity index (χ1v) is 12.6. The second-order valence-electron chi connectivity index (χ2n) is 9.45. The molecule has 0 aliphatic heterocycles. The first-order chi connectivity index (χ1) is 18.5. The van der Waals surface area contributed by atoms with E-state index in [-0.39, 0.29) is 37.1 Å². The van der Waals surface area contributed by atoms with Gasteiger partial charge in [-0.15, -0.1) is 6.58 Å². The molecule has 0 bridgehead atoms. The molecular formula is C28H31F4N5O2. The summed E-state index contributed by atoms with van der Waals surface area (Å²) < 4.78 is 57.2. The number of benzene rings is 1. The smallest absolute Gasteiger partial charge is 0.339 e. The molecule has 0 radical (unpaired) electrons. The average Bonchev–Trinajstić information content (AvgIpc) is 3.38. The molecule has 3 rings (SSSR count). The Bertz CT molecular complexity index is 1270. The Morgan fingerprint density at radius 3 is 2.46 bits per heavy atom. The number of amides is 1. The fourth-order valence-corrected chi connectivity index (χ4v) is 3.84. The third kappa shape index (κ3) is 8.56. The summed E-state index contributed by atoms with van der Waals surface area (Å²) in [4.78, 5) is 25.9. The molecule has 0 aliphatic rings. The van der Waals surface area contributed by atoms with Crippen LogP contribution in [0.2, 0.25) is 0 Å². The van der Waals surface area contributed by atoms with Crippen LogP contribution in [0.3, 0.4) is 0 Å². The Hall–Kier alpha value is -3.89. The van der Waals surface area contributed by atoms with Crippen LogP contribution in [-0.4, -0.2) is 32.6 Å². The van der Waals surface area contributed by atoms with Gasteiger partial charge in [0.25, 0.3) is 0 Å². The van der Waals surface area contributed by atoms with Gasteiger partial charge < -0.3 is 9.42 Å². The summed E-state index contributed by atoms with van der Waals surface area (Å²) in [6, 6.07) is 6.74. The number of aromatic nitrogens is 4. The van der Waals surface area contributed by atoms with E-state index in [4.69, 9.17) is 4.52 Å². The Balaban J connectivity index is 1.78. The highest BCUT2D eigenvalue weighted by molar-refractivity contribution is 5.94. The van der Waals surface area contributed by atoms with E-state index in [1.807, 2.05) is 13.8 Å². The van der Waals surface area contributed by atoms with E-state index in [1.54, 1.807) is 30.3 Å². The van der Waals surface area contributed by atoms with Crippen molar-refractivity contribution in [2.24, 2.45) is 5.92 Å². The summed E-state index contributed by atoms with van der Waals surface area (Å²) in [5.41, 5.74) is 1.39. The van der Waals surface area contributed by atoms with Crippen molar-refractivity contribution in [1.82, 2.24) is 20.1 Å². The summed E-state index contributed by atoms with van der Waals surface area (Å²) >= 11 is 0. The molecule has 208 valence electrons. The summed E-state index contributed by atoms with van der Waals surface area (Å²) in [5, 5.41) is 3.97. The molecule has 1 unspecified atom stereocenters. The Morgan fingerprint density at radius 2 is 1.87 bits per heavy atom. The van der Waals surface area contributed by atoms with Gasteiger partial charge in [-0.25, -0.2) is 14.4 Å². The van der Waals surface area contributed by atoms with Crippen molar-refractivity contribution in [3.63, 3.8) is 0 Å². The highest BCUT2D eigenvalue weighted by Gasteiger charge is 2.34. The molecule has 1 aromatic carbocycles. The van der Waals surface area contributed by atoms with Crippen LogP contribution in [0, 0.1) is 5.92 Å². The van der Waals surface area contributed by atoms with E-state index >= 15 is 0 Å². The summed E-state index contributed by atoms with van der Waals surface area (Å²) in [5.74, 6) is -0.904. The molecule has 11 heteroatoms. The lowest BCUT2D eigenvalue weighted by atomic mass is 10.00. The molecule has 2 aromatic heterocycles. The lowest BCUT2D eigenvalue weighted by Crippen LogP contribution is -2.35. The van der Waals surface area contributed by atoms with E-state index < -0.39 is 17.8 Å². The average molecular weight is 546 g/mol. The minimum absolute atomic E-state index is 0.0905. The third-order valence-corrected chi connectivity index (χ3v) is 6.02. The molecule has 1 atom stereocenters. The van der Waals surface area contributed by atoms with Crippen LogP contribution in [0.1, 0.15) is 63.0 Å². The molecule has 2 heterocycles. The maximum absolute atomic E-state index is 13.3. The standard InChI is InChI=1S/C28H31F4N5O2/c1-5-20(8-6-11-24-35-26(18(2)3)36-39-24)17-37(25(38)13-12-19(4)29)23-10-7-9-21(14-23)22-15-33-27(34-16-22)28(30,31)32/h5,7,9-10,14-16,18,20H,1,4,6,8,11-13,17H2,2-3H3. The molecule has 7 nitrogen and oxygen atoms in total. The molecule has 1 amide bonds. The lowest BCUT2D eigenvalue weighted by Gasteiger charge is -2.27. The fourth-order valence-electron chi connectivity index (χ4n) is 3.84. The van der Waals surface area contributed by atoms with Crippen LogP contribution in [0.4, 0.5) is 23.2 Å². The van der Waals surface area contributed by atoms with Crippen molar-refractivity contribution >= 4 is 11.6 Å². The van der Waals surface area contributed by atoms with Gasteiger partial charge in [-0.1, -0.05) is 43.8 Å². The normalized spacial score (nSPS) is 12.4. The number of anilines is 1. The van der Waals surface area contributed by atoms with Crippen molar-refractivity contribution in [3.8, 4) is 11.1 Å². The summed E-state index contributed by atoms with van der Waals surface area (Å²) in [6.45, 7) is 11.4. The number of carbonyl (C=O) groups is 1. The van der Waals surface area contributed by atoms with Gasteiger partial charge >= 0.3 is 6.18 Å². The highest BCUT2D eigenvalue weighted by Crippen LogP contribution is 2.29. The first kappa shape index (κ1) is 29.7. The molecule has 0 saturated carbocycles. The van der Waals surface area contributed by atoms with Crippen molar-refractivity contribution in [2.45, 2.75) is 58.0 Å². The number of allylic oxidation sites excluding steroid dienone is 1. The van der Waals surface area contributed by atoms with Gasteiger partial charge in [0.1, 0.15) is 0 Å². The number of carbonyl (C=O) groups excluding carboxylic acids is 1. The van der Waals surface area contributed by atoms with Gasteiger partial charge in [-0.2, -0.15) is 18.2 Å². The Kier molecular flexibility index (Phi) is 10.1. The molecule has 39 heavy (non-hydrogen) atoms. The van der Waals surface area contributed by atoms with Crippen molar-refractivity contribution in [3.05, 3.63) is 79.3 Å². The van der Waals surface area contributed by atoms with Crippen molar-refractivity contribution in [2.75, 3.05) is 11.4 Å². The van der Waals surface area contributed by atoms with E-state index in [2.05, 4.69) is 33.3 Å². The lowest BCUT2D eigenvalue weighted by molar-refractivity contribution is -0.145. The predicted octanol–water partition coefficient (Wildman–Crippen LogP) is 7.09. The van der Waals surface area contributed by atoms with Gasteiger partial charge in [0.05, 0.1) is 5.83 Å². The number of halogens is 4. The molecule has 0 spiro atoms. The van der Waals surface area contributed by atoms with E-state index in [0.29, 0.717) is 47.8 Å². The number of nitrogens with zero attached hydrogens (tertiary/aromatic N) is 5. The van der Waals surface area contributed by atoms with Crippen LogP contribution >= 0.6 is 0 Å². The van der Waals surface area contributed by atoms with Crippen LogP contribution in [-0.2, 0) is 17.4 Å². The Labute approximate surface area is 224 Å². The minimum Gasteiger partial charge on any atom is -0.339 e. The zero-order valence-corrected chi connectivity index (χ0v) is 21.9. The number of rotatable bonds is 13. The SMILES string of the molecule is C=CC(CCCc1nc(C(C)C)no1)CN(C(=O)CCC(=C)F)c1cccc(-c2cnc(C(F)(F)F)nc2)c1. The van der Waals surface area contributed by atoms with Crippen molar-refractivity contribution < 1.29 is 26.9 Å². The molecule has 0 N–H and O–H groups in total. The molecule has 0 saturated heterocycles. The monoisotopic (exact) mass is 545 g/mol. The maximum atomic E-state index is 13.3.